The Morgan fingerprint density at radius 2 is 2.19 bits per heavy atom. The lowest BCUT2D eigenvalue weighted by molar-refractivity contribution is 0.439. The number of aromatic amines is 1. The molecule has 2 aromatic rings. The number of anilines is 2. The van der Waals surface area contributed by atoms with Crippen molar-refractivity contribution < 1.29 is 0 Å². The smallest absolute Gasteiger partial charge is 0.226 e. The molecule has 114 valence electrons. The highest BCUT2D eigenvalue weighted by molar-refractivity contribution is 5.86. The van der Waals surface area contributed by atoms with Gasteiger partial charge in [0.15, 0.2) is 5.65 Å². The number of fused-ring (bicyclic) bond motifs is 1. The van der Waals surface area contributed by atoms with E-state index in [4.69, 9.17) is 0 Å². The van der Waals surface area contributed by atoms with Crippen molar-refractivity contribution in [2.45, 2.75) is 39.5 Å². The highest BCUT2D eigenvalue weighted by atomic mass is 15.2. The Balaban J connectivity index is 1.77. The molecule has 0 bridgehead atoms. The molecule has 0 spiro atoms. The summed E-state index contributed by atoms with van der Waals surface area (Å²) in [5.41, 5.74) is 0.783. The van der Waals surface area contributed by atoms with E-state index < -0.39 is 0 Å². The van der Waals surface area contributed by atoms with Crippen molar-refractivity contribution in [3.63, 3.8) is 0 Å². The summed E-state index contributed by atoms with van der Waals surface area (Å²) in [5.74, 6) is 3.09. The second-order valence-electron chi connectivity index (χ2n) is 6.00. The number of H-pyrrole nitrogens is 1. The van der Waals surface area contributed by atoms with Gasteiger partial charge in [0.25, 0.3) is 0 Å². The Bertz CT molecular complexity index is 593. The van der Waals surface area contributed by atoms with Crippen LogP contribution >= 0.6 is 0 Å². The number of aromatic nitrogens is 4. The molecule has 2 unspecified atom stereocenters. The van der Waals surface area contributed by atoms with Crippen molar-refractivity contribution in [3.05, 3.63) is 6.20 Å². The third-order valence-electron chi connectivity index (χ3n) is 4.41. The zero-order valence-electron chi connectivity index (χ0n) is 12.8. The Morgan fingerprint density at radius 1 is 1.29 bits per heavy atom. The number of nitrogens with zero attached hydrogens (tertiary/aromatic N) is 3. The number of nitrogens with one attached hydrogen (secondary N) is 3. The van der Waals surface area contributed by atoms with Gasteiger partial charge in [0.05, 0.1) is 11.6 Å². The van der Waals surface area contributed by atoms with Gasteiger partial charge in [0, 0.05) is 13.1 Å². The lowest BCUT2D eigenvalue weighted by Gasteiger charge is -2.17. The second kappa shape index (κ2) is 6.28. The Labute approximate surface area is 125 Å². The summed E-state index contributed by atoms with van der Waals surface area (Å²) >= 11 is 0. The van der Waals surface area contributed by atoms with Crippen LogP contribution in [0.1, 0.15) is 39.5 Å². The molecule has 21 heavy (non-hydrogen) atoms. The van der Waals surface area contributed by atoms with Gasteiger partial charge in [-0.25, -0.2) is 0 Å². The molecule has 2 aromatic heterocycles. The average molecular weight is 288 g/mol. The van der Waals surface area contributed by atoms with Crippen LogP contribution in [0.2, 0.25) is 0 Å². The lowest BCUT2D eigenvalue weighted by Crippen LogP contribution is -2.17. The minimum Gasteiger partial charge on any atom is -0.369 e. The third-order valence-corrected chi connectivity index (χ3v) is 4.41. The molecule has 0 aromatic carbocycles. The molecule has 6 heteroatoms. The standard InChI is InChI=1S/C15H24N6/c1-3-7-16-15-19-13(12-9-18-21-14(12)20-15)17-8-11-6-4-5-10(11)2/h9-11H,3-8H2,1-2H3,(H3,16,17,18,19,20,21). The van der Waals surface area contributed by atoms with Crippen LogP contribution in [0.5, 0.6) is 0 Å². The first kappa shape index (κ1) is 14.1. The third kappa shape index (κ3) is 3.09. The molecular weight excluding hydrogens is 264 g/mol. The van der Waals surface area contributed by atoms with Crippen molar-refractivity contribution in [2.75, 3.05) is 23.7 Å². The normalized spacial score (nSPS) is 21.8. The minimum absolute atomic E-state index is 0.663. The molecule has 1 saturated carbocycles. The largest absolute Gasteiger partial charge is 0.369 e. The summed E-state index contributed by atoms with van der Waals surface area (Å²) in [5, 5.41) is 14.7. The first-order valence-electron chi connectivity index (χ1n) is 7.96. The maximum Gasteiger partial charge on any atom is 0.226 e. The predicted octanol–water partition coefficient (Wildman–Crippen LogP) is 3.02. The van der Waals surface area contributed by atoms with E-state index >= 15 is 0 Å². The highest BCUT2D eigenvalue weighted by Gasteiger charge is 2.23. The maximum absolute atomic E-state index is 4.60. The fraction of sp³-hybridized carbons (Fsp3) is 0.667. The molecule has 3 rings (SSSR count). The summed E-state index contributed by atoms with van der Waals surface area (Å²) in [6.45, 7) is 6.33. The molecule has 1 aliphatic rings. The zero-order chi connectivity index (χ0) is 14.7. The van der Waals surface area contributed by atoms with E-state index in [0.29, 0.717) is 5.95 Å². The molecule has 1 fully saturated rings. The van der Waals surface area contributed by atoms with Gasteiger partial charge < -0.3 is 10.6 Å². The number of hydrogen-bond donors (Lipinski definition) is 3. The maximum atomic E-state index is 4.60. The first-order chi connectivity index (χ1) is 10.3. The topological polar surface area (TPSA) is 78.5 Å². The van der Waals surface area contributed by atoms with Crippen molar-refractivity contribution in [3.8, 4) is 0 Å². The molecule has 3 N–H and O–H groups in total. The van der Waals surface area contributed by atoms with Crippen LogP contribution in [-0.4, -0.2) is 33.3 Å². The van der Waals surface area contributed by atoms with Gasteiger partial charge in [-0.2, -0.15) is 15.1 Å². The monoisotopic (exact) mass is 288 g/mol. The van der Waals surface area contributed by atoms with Crippen molar-refractivity contribution >= 4 is 22.8 Å². The summed E-state index contributed by atoms with van der Waals surface area (Å²) in [7, 11) is 0. The Kier molecular flexibility index (Phi) is 4.22. The molecule has 2 atom stereocenters. The Hall–Kier alpha value is -1.85. The molecule has 0 aliphatic heterocycles. The van der Waals surface area contributed by atoms with Gasteiger partial charge >= 0.3 is 0 Å². The molecule has 6 nitrogen and oxygen atoms in total. The average Bonchev–Trinajstić information content (AvgIpc) is 3.11. The van der Waals surface area contributed by atoms with E-state index in [0.717, 1.165) is 48.2 Å². The van der Waals surface area contributed by atoms with Crippen LogP contribution in [0.25, 0.3) is 11.0 Å². The van der Waals surface area contributed by atoms with Crippen LogP contribution < -0.4 is 10.6 Å². The van der Waals surface area contributed by atoms with Crippen LogP contribution in [0, 0.1) is 11.8 Å². The Morgan fingerprint density at radius 3 is 2.95 bits per heavy atom. The minimum atomic E-state index is 0.663. The molecule has 0 amide bonds. The van der Waals surface area contributed by atoms with Gasteiger partial charge in [-0.3, -0.25) is 5.10 Å². The quantitative estimate of drug-likeness (QED) is 0.761. The molecule has 0 saturated heterocycles. The first-order valence-corrected chi connectivity index (χ1v) is 7.96. The van der Waals surface area contributed by atoms with E-state index in [1.54, 1.807) is 6.20 Å². The van der Waals surface area contributed by atoms with Crippen molar-refractivity contribution in [2.24, 2.45) is 11.8 Å². The van der Waals surface area contributed by atoms with Crippen molar-refractivity contribution in [1.82, 2.24) is 20.2 Å². The summed E-state index contributed by atoms with van der Waals surface area (Å²) in [6.07, 6.45) is 6.85. The molecule has 0 radical (unpaired) electrons. The SMILES string of the molecule is CCCNc1nc(NCC2CCCC2C)c2cn[nH]c2n1. The van der Waals surface area contributed by atoms with E-state index in [-0.39, 0.29) is 0 Å². The summed E-state index contributed by atoms with van der Waals surface area (Å²) in [4.78, 5) is 9.05. The summed E-state index contributed by atoms with van der Waals surface area (Å²) < 4.78 is 0. The van der Waals surface area contributed by atoms with Crippen LogP contribution in [0.4, 0.5) is 11.8 Å². The van der Waals surface area contributed by atoms with Gasteiger partial charge in [-0.05, 0) is 24.7 Å². The van der Waals surface area contributed by atoms with E-state index in [1.807, 2.05) is 0 Å². The highest BCUT2D eigenvalue weighted by Crippen LogP contribution is 2.31. The predicted molar refractivity (Wildman–Crippen MR) is 85.5 cm³/mol. The summed E-state index contributed by atoms with van der Waals surface area (Å²) in [6, 6.07) is 0. The van der Waals surface area contributed by atoms with E-state index in [1.165, 1.54) is 19.3 Å². The number of rotatable bonds is 6. The van der Waals surface area contributed by atoms with Crippen LogP contribution in [0.15, 0.2) is 6.20 Å². The molecule has 2 heterocycles. The zero-order valence-corrected chi connectivity index (χ0v) is 12.8. The number of hydrogen-bond acceptors (Lipinski definition) is 5. The van der Waals surface area contributed by atoms with Gasteiger partial charge in [0.2, 0.25) is 5.95 Å². The van der Waals surface area contributed by atoms with Crippen LogP contribution in [0.3, 0.4) is 0 Å². The second-order valence-corrected chi connectivity index (χ2v) is 6.00. The van der Waals surface area contributed by atoms with Gasteiger partial charge in [0.1, 0.15) is 5.82 Å². The van der Waals surface area contributed by atoms with Crippen LogP contribution in [-0.2, 0) is 0 Å². The lowest BCUT2D eigenvalue weighted by atomic mass is 9.98. The van der Waals surface area contributed by atoms with Gasteiger partial charge in [-0.1, -0.05) is 26.7 Å². The fourth-order valence-electron chi connectivity index (χ4n) is 3.04. The molecular formula is C15H24N6. The van der Waals surface area contributed by atoms with E-state index in [9.17, 15) is 0 Å². The van der Waals surface area contributed by atoms with Gasteiger partial charge in [-0.15, -0.1) is 0 Å². The van der Waals surface area contributed by atoms with Crippen molar-refractivity contribution in [1.29, 1.82) is 0 Å². The fourth-order valence-corrected chi connectivity index (χ4v) is 3.04. The van der Waals surface area contributed by atoms with E-state index in [2.05, 4.69) is 44.6 Å². The molecule has 1 aliphatic carbocycles.